The second kappa shape index (κ2) is 9.32. The van der Waals surface area contributed by atoms with Crippen LogP contribution in [0.15, 0.2) is 91.3 Å². The lowest BCUT2D eigenvalue weighted by Gasteiger charge is -2.14. The summed E-state index contributed by atoms with van der Waals surface area (Å²) in [5, 5.41) is 10.8. The lowest BCUT2D eigenvalue weighted by atomic mass is 10.1. The van der Waals surface area contributed by atoms with Crippen LogP contribution in [0.2, 0.25) is 0 Å². The van der Waals surface area contributed by atoms with E-state index in [-0.39, 0.29) is 18.4 Å². The number of methoxy groups -OCH3 is 1. The number of fused-ring (bicyclic) bond motifs is 3. The van der Waals surface area contributed by atoms with Crippen molar-refractivity contribution in [2.24, 2.45) is 0 Å². The second-order valence-corrected chi connectivity index (χ2v) is 7.91. The quantitative estimate of drug-likeness (QED) is 0.388. The van der Waals surface area contributed by atoms with E-state index in [1.807, 2.05) is 54.6 Å². The van der Waals surface area contributed by atoms with Crippen LogP contribution in [0.1, 0.15) is 26.3 Å². The predicted octanol–water partition coefficient (Wildman–Crippen LogP) is 4.77. The van der Waals surface area contributed by atoms with Crippen molar-refractivity contribution < 1.29 is 19.4 Å². The number of para-hydroxylation sites is 2. The molecule has 35 heavy (non-hydrogen) atoms. The molecule has 0 radical (unpaired) electrons. The third kappa shape index (κ3) is 4.09. The standard InChI is InChI=1S/C18H12N2O3.C10H9NO/c1-23-15-8-4-6-13-16(15)18(22)20(17(13)21)12-9-11-5-2-3-7-14(11)19-10-12;12-7-8-5-9-3-1-2-4-10(9)11-6-8/h2-10H,1H3;1-6,12H,7H2. The highest BCUT2D eigenvalue weighted by atomic mass is 16.5. The van der Waals surface area contributed by atoms with E-state index < -0.39 is 0 Å². The molecule has 2 aromatic heterocycles. The van der Waals surface area contributed by atoms with Crippen LogP contribution in [0.25, 0.3) is 21.8 Å². The number of amides is 2. The highest BCUT2D eigenvalue weighted by Gasteiger charge is 2.39. The highest BCUT2D eigenvalue weighted by molar-refractivity contribution is 6.35. The fourth-order valence-corrected chi connectivity index (χ4v) is 4.04. The van der Waals surface area contributed by atoms with Gasteiger partial charge in [0.25, 0.3) is 11.8 Å². The van der Waals surface area contributed by atoms with E-state index in [2.05, 4.69) is 9.97 Å². The number of pyridine rings is 2. The number of carbonyl (C=O) groups is 2. The Balaban J connectivity index is 0.000000178. The lowest BCUT2D eigenvalue weighted by molar-refractivity contribution is 0.0925. The number of rotatable bonds is 3. The van der Waals surface area contributed by atoms with Gasteiger partial charge < -0.3 is 9.84 Å². The Morgan fingerprint density at radius 1 is 0.800 bits per heavy atom. The molecular formula is C28H21N3O4. The zero-order valence-corrected chi connectivity index (χ0v) is 18.9. The number of anilines is 1. The average molecular weight is 463 g/mol. The van der Waals surface area contributed by atoms with Crippen molar-refractivity contribution in [2.75, 3.05) is 12.0 Å². The summed E-state index contributed by atoms with van der Waals surface area (Å²) < 4.78 is 5.21. The van der Waals surface area contributed by atoms with Crippen molar-refractivity contribution in [3.63, 3.8) is 0 Å². The van der Waals surface area contributed by atoms with Gasteiger partial charge in [0.2, 0.25) is 0 Å². The first-order valence-corrected chi connectivity index (χ1v) is 11.0. The van der Waals surface area contributed by atoms with Gasteiger partial charge in [0.05, 0.1) is 47.8 Å². The van der Waals surface area contributed by atoms with Crippen molar-refractivity contribution in [1.29, 1.82) is 0 Å². The number of imide groups is 1. The summed E-state index contributed by atoms with van der Waals surface area (Å²) in [4.78, 5) is 35.0. The molecule has 3 heterocycles. The van der Waals surface area contributed by atoms with Gasteiger partial charge in [0, 0.05) is 17.0 Å². The van der Waals surface area contributed by atoms with Crippen LogP contribution >= 0.6 is 0 Å². The van der Waals surface area contributed by atoms with E-state index in [0.29, 0.717) is 22.6 Å². The maximum Gasteiger partial charge on any atom is 0.269 e. The first kappa shape index (κ1) is 22.2. The normalized spacial score (nSPS) is 12.5. The molecule has 0 atom stereocenters. The molecule has 1 aliphatic rings. The summed E-state index contributed by atoms with van der Waals surface area (Å²) in [7, 11) is 1.48. The molecule has 172 valence electrons. The van der Waals surface area contributed by atoms with Crippen molar-refractivity contribution in [3.8, 4) is 5.75 Å². The first-order valence-electron chi connectivity index (χ1n) is 11.0. The fraction of sp³-hybridized carbons (Fsp3) is 0.0714. The van der Waals surface area contributed by atoms with Gasteiger partial charge in [0.1, 0.15) is 5.75 Å². The van der Waals surface area contributed by atoms with Gasteiger partial charge in [0.15, 0.2) is 0 Å². The number of hydrogen-bond acceptors (Lipinski definition) is 6. The Bertz CT molecular complexity index is 1580. The second-order valence-electron chi connectivity index (χ2n) is 7.91. The van der Waals surface area contributed by atoms with E-state index >= 15 is 0 Å². The number of ether oxygens (including phenoxy) is 1. The van der Waals surface area contributed by atoms with Crippen LogP contribution in [-0.4, -0.2) is 34.0 Å². The summed E-state index contributed by atoms with van der Waals surface area (Å²) in [6.45, 7) is 0.0534. The number of aliphatic hydroxyl groups is 1. The Hall–Kier alpha value is -4.62. The third-order valence-corrected chi connectivity index (χ3v) is 5.76. The number of hydrogen-bond donors (Lipinski definition) is 1. The lowest BCUT2D eigenvalue weighted by Crippen LogP contribution is -2.29. The van der Waals surface area contributed by atoms with E-state index in [0.717, 1.165) is 32.3 Å². The average Bonchev–Trinajstić information content (AvgIpc) is 3.18. The number of benzene rings is 3. The molecule has 0 bridgehead atoms. The number of nitrogens with zero attached hydrogens (tertiary/aromatic N) is 3. The molecule has 0 saturated heterocycles. The molecule has 6 rings (SSSR count). The van der Waals surface area contributed by atoms with Gasteiger partial charge >= 0.3 is 0 Å². The van der Waals surface area contributed by atoms with Crippen molar-refractivity contribution >= 4 is 39.3 Å². The van der Waals surface area contributed by atoms with Crippen LogP contribution in [-0.2, 0) is 6.61 Å². The van der Waals surface area contributed by atoms with E-state index in [1.165, 1.54) is 13.3 Å². The smallest absolute Gasteiger partial charge is 0.269 e. The molecule has 1 N–H and O–H groups in total. The van der Waals surface area contributed by atoms with Gasteiger partial charge in [-0.25, -0.2) is 4.90 Å². The van der Waals surface area contributed by atoms with Crippen LogP contribution < -0.4 is 9.64 Å². The zero-order chi connectivity index (χ0) is 24.4. The van der Waals surface area contributed by atoms with Crippen LogP contribution in [0.4, 0.5) is 5.69 Å². The molecule has 5 aromatic rings. The number of carbonyl (C=O) groups excluding carboxylic acids is 2. The largest absolute Gasteiger partial charge is 0.496 e. The Kier molecular flexibility index (Phi) is 5.91. The predicted molar refractivity (Wildman–Crippen MR) is 134 cm³/mol. The maximum atomic E-state index is 12.7. The van der Waals surface area contributed by atoms with Gasteiger partial charge in [-0.2, -0.15) is 0 Å². The van der Waals surface area contributed by atoms with Crippen LogP contribution in [0.3, 0.4) is 0 Å². The SMILES string of the molecule is COc1cccc2c1C(=O)N(c1cnc3ccccc3c1)C2=O.OCc1cnc2ccccc2c1. The number of aromatic nitrogens is 2. The topological polar surface area (TPSA) is 92.6 Å². The van der Waals surface area contributed by atoms with Crippen molar-refractivity contribution in [1.82, 2.24) is 9.97 Å². The molecule has 7 heteroatoms. The maximum absolute atomic E-state index is 12.7. The van der Waals surface area contributed by atoms with Gasteiger partial charge in [-0.1, -0.05) is 42.5 Å². The summed E-state index contributed by atoms with van der Waals surface area (Å²) in [6, 6.07) is 24.1. The van der Waals surface area contributed by atoms with Gasteiger partial charge in [-0.3, -0.25) is 19.6 Å². The summed E-state index contributed by atoms with van der Waals surface area (Å²) >= 11 is 0. The van der Waals surface area contributed by atoms with Crippen LogP contribution in [0.5, 0.6) is 5.75 Å². The number of aliphatic hydroxyl groups excluding tert-OH is 1. The fourth-order valence-electron chi connectivity index (χ4n) is 4.04. The molecule has 0 aliphatic carbocycles. The third-order valence-electron chi connectivity index (χ3n) is 5.76. The van der Waals surface area contributed by atoms with E-state index in [9.17, 15) is 9.59 Å². The summed E-state index contributed by atoms with van der Waals surface area (Å²) in [6.07, 6.45) is 3.23. The summed E-state index contributed by atoms with van der Waals surface area (Å²) in [5.41, 5.74) is 3.74. The monoisotopic (exact) mass is 463 g/mol. The molecule has 0 unspecified atom stereocenters. The summed E-state index contributed by atoms with van der Waals surface area (Å²) in [5.74, 6) is -0.349. The molecule has 0 saturated carbocycles. The molecule has 2 amide bonds. The minimum absolute atomic E-state index is 0.0534. The molecule has 1 aliphatic heterocycles. The van der Waals surface area contributed by atoms with Crippen molar-refractivity contribution in [2.45, 2.75) is 6.61 Å². The molecule has 0 spiro atoms. The van der Waals surface area contributed by atoms with Gasteiger partial charge in [-0.05, 0) is 42.0 Å². The van der Waals surface area contributed by atoms with Crippen molar-refractivity contribution in [3.05, 3.63) is 108 Å². The van der Waals surface area contributed by atoms with Crippen LogP contribution in [0, 0.1) is 0 Å². The highest BCUT2D eigenvalue weighted by Crippen LogP contribution is 2.34. The minimum Gasteiger partial charge on any atom is -0.496 e. The molecular weight excluding hydrogens is 442 g/mol. The molecule has 7 nitrogen and oxygen atoms in total. The Morgan fingerprint density at radius 2 is 1.46 bits per heavy atom. The van der Waals surface area contributed by atoms with E-state index in [1.54, 1.807) is 30.5 Å². The Labute approximate surface area is 201 Å². The molecule has 0 fully saturated rings. The zero-order valence-electron chi connectivity index (χ0n) is 18.9. The minimum atomic E-state index is -0.389. The molecule has 3 aromatic carbocycles. The van der Waals surface area contributed by atoms with E-state index in [4.69, 9.17) is 9.84 Å². The van der Waals surface area contributed by atoms with Gasteiger partial charge in [-0.15, -0.1) is 0 Å². The first-order chi connectivity index (χ1) is 17.1. The Morgan fingerprint density at radius 3 is 2.14 bits per heavy atom.